The highest BCUT2D eigenvalue weighted by Crippen LogP contribution is 2.38. The van der Waals surface area contributed by atoms with Gasteiger partial charge in [-0.1, -0.05) is 24.3 Å². The van der Waals surface area contributed by atoms with Gasteiger partial charge in [-0.25, -0.2) is 13.4 Å². The number of hydrogen-bond acceptors (Lipinski definition) is 6. The van der Waals surface area contributed by atoms with Gasteiger partial charge in [0.1, 0.15) is 23.0 Å². The van der Waals surface area contributed by atoms with Crippen LogP contribution in [-0.4, -0.2) is 56.7 Å². The number of piperazine rings is 1. The van der Waals surface area contributed by atoms with Crippen LogP contribution in [-0.2, 0) is 10.0 Å². The highest BCUT2D eigenvalue weighted by molar-refractivity contribution is 7.89. The molecule has 2 aliphatic rings. The molecule has 0 aliphatic carbocycles. The first-order chi connectivity index (χ1) is 15.6. The van der Waals surface area contributed by atoms with Crippen LogP contribution in [0.5, 0.6) is 17.2 Å². The maximum Gasteiger partial charge on any atom is 0.243 e. The van der Waals surface area contributed by atoms with Crippen molar-refractivity contribution in [1.29, 1.82) is 0 Å². The lowest BCUT2D eigenvalue weighted by molar-refractivity contribution is 0.266. The van der Waals surface area contributed by atoms with Crippen molar-refractivity contribution in [2.45, 2.75) is 4.90 Å². The minimum atomic E-state index is -3.57. The Labute approximate surface area is 187 Å². The van der Waals surface area contributed by atoms with E-state index in [9.17, 15) is 8.42 Å². The number of rotatable bonds is 3. The number of ether oxygens (including phenoxy) is 2. The van der Waals surface area contributed by atoms with Gasteiger partial charge in [0.25, 0.3) is 0 Å². The Balaban J connectivity index is 1.40. The van der Waals surface area contributed by atoms with Crippen LogP contribution >= 0.6 is 0 Å². The number of methoxy groups -OCH3 is 1. The zero-order chi connectivity index (χ0) is 22.1. The predicted octanol–water partition coefficient (Wildman–Crippen LogP) is 3.89. The van der Waals surface area contributed by atoms with E-state index in [0.717, 1.165) is 22.8 Å². The molecule has 7 nitrogen and oxygen atoms in total. The molecule has 0 radical (unpaired) electrons. The molecular formula is C24H23N3O4S. The smallest absolute Gasteiger partial charge is 0.243 e. The number of benzene rings is 3. The lowest BCUT2D eigenvalue weighted by Gasteiger charge is -2.35. The van der Waals surface area contributed by atoms with E-state index >= 15 is 0 Å². The summed E-state index contributed by atoms with van der Waals surface area (Å²) in [6, 6.07) is 22.0. The molecule has 0 spiro atoms. The molecule has 2 heterocycles. The predicted molar refractivity (Wildman–Crippen MR) is 122 cm³/mol. The van der Waals surface area contributed by atoms with Crippen LogP contribution in [0.1, 0.15) is 5.56 Å². The SMILES string of the molecule is COc1ccc(S(=O)(=O)N2CCN(C3=Nc4ccccc4Oc4ccccc43)CC2)cc1. The summed E-state index contributed by atoms with van der Waals surface area (Å²) in [5.41, 5.74) is 1.65. The van der Waals surface area contributed by atoms with Crippen LogP contribution in [0.2, 0.25) is 0 Å². The maximum atomic E-state index is 13.1. The summed E-state index contributed by atoms with van der Waals surface area (Å²) in [7, 11) is -2.01. The third kappa shape index (κ3) is 3.72. The summed E-state index contributed by atoms with van der Waals surface area (Å²) in [5, 5.41) is 0. The number of amidine groups is 1. The third-order valence-corrected chi connectivity index (χ3v) is 7.59. The van der Waals surface area contributed by atoms with E-state index in [0.29, 0.717) is 37.7 Å². The van der Waals surface area contributed by atoms with Crippen molar-refractivity contribution in [1.82, 2.24) is 9.21 Å². The van der Waals surface area contributed by atoms with Crippen molar-refractivity contribution >= 4 is 21.5 Å². The van der Waals surface area contributed by atoms with Crippen LogP contribution < -0.4 is 9.47 Å². The molecule has 164 valence electrons. The molecule has 1 saturated heterocycles. The normalized spacial score (nSPS) is 16.3. The molecule has 0 unspecified atom stereocenters. The quantitative estimate of drug-likeness (QED) is 0.607. The Bertz CT molecular complexity index is 1260. The Morgan fingerprint density at radius 2 is 1.50 bits per heavy atom. The largest absolute Gasteiger partial charge is 0.497 e. The van der Waals surface area contributed by atoms with E-state index in [2.05, 4.69) is 4.90 Å². The van der Waals surface area contributed by atoms with Gasteiger partial charge in [-0.3, -0.25) is 0 Å². The molecule has 0 amide bonds. The first-order valence-corrected chi connectivity index (χ1v) is 11.8. The van der Waals surface area contributed by atoms with E-state index in [1.54, 1.807) is 31.4 Å². The lowest BCUT2D eigenvalue weighted by Crippen LogP contribution is -2.50. The molecule has 0 saturated carbocycles. The fourth-order valence-corrected chi connectivity index (χ4v) is 5.37. The summed E-state index contributed by atoms with van der Waals surface area (Å²) < 4.78 is 39.0. The molecule has 32 heavy (non-hydrogen) atoms. The van der Waals surface area contributed by atoms with E-state index < -0.39 is 10.0 Å². The van der Waals surface area contributed by atoms with Crippen molar-refractivity contribution in [3.8, 4) is 17.2 Å². The van der Waals surface area contributed by atoms with E-state index in [1.165, 1.54) is 4.31 Å². The molecule has 8 heteroatoms. The zero-order valence-electron chi connectivity index (χ0n) is 17.6. The summed E-state index contributed by atoms with van der Waals surface area (Å²) in [4.78, 5) is 7.30. The van der Waals surface area contributed by atoms with E-state index in [1.807, 2.05) is 48.5 Å². The minimum Gasteiger partial charge on any atom is -0.497 e. The van der Waals surface area contributed by atoms with Crippen LogP contribution in [0.4, 0.5) is 5.69 Å². The van der Waals surface area contributed by atoms with Gasteiger partial charge >= 0.3 is 0 Å². The van der Waals surface area contributed by atoms with Crippen LogP contribution in [0, 0.1) is 0 Å². The Morgan fingerprint density at radius 1 is 0.844 bits per heavy atom. The van der Waals surface area contributed by atoms with Gasteiger partial charge in [0.15, 0.2) is 5.75 Å². The van der Waals surface area contributed by atoms with Crippen molar-refractivity contribution in [3.05, 3.63) is 78.4 Å². The Kier molecular flexibility index (Phi) is 5.32. The number of para-hydroxylation sites is 3. The molecule has 0 N–H and O–H groups in total. The third-order valence-electron chi connectivity index (χ3n) is 5.67. The van der Waals surface area contributed by atoms with E-state index in [-0.39, 0.29) is 4.90 Å². The van der Waals surface area contributed by atoms with Crippen molar-refractivity contribution < 1.29 is 17.9 Å². The van der Waals surface area contributed by atoms with Gasteiger partial charge in [-0.15, -0.1) is 0 Å². The second kappa shape index (κ2) is 8.29. The second-order valence-corrected chi connectivity index (χ2v) is 9.51. The van der Waals surface area contributed by atoms with Gasteiger partial charge in [0.05, 0.1) is 17.6 Å². The molecule has 3 aromatic carbocycles. The summed E-state index contributed by atoms with van der Waals surface area (Å²) in [6.45, 7) is 1.81. The van der Waals surface area contributed by atoms with E-state index in [4.69, 9.17) is 14.5 Å². The summed E-state index contributed by atoms with van der Waals surface area (Å²) >= 11 is 0. The number of sulfonamides is 1. The molecule has 1 fully saturated rings. The monoisotopic (exact) mass is 449 g/mol. The number of fused-ring (bicyclic) bond motifs is 2. The highest BCUT2D eigenvalue weighted by atomic mass is 32.2. The van der Waals surface area contributed by atoms with Gasteiger partial charge in [0.2, 0.25) is 10.0 Å². The summed E-state index contributed by atoms with van der Waals surface area (Å²) in [6.07, 6.45) is 0. The second-order valence-electron chi connectivity index (χ2n) is 7.57. The molecule has 0 atom stereocenters. The van der Waals surface area contributed by atoms with Crippen LogP contribution in [0.25, 0.3) is 0 Å². The molecule has 0 aromatic heterocycles. The average Bonchev–Trinajstić information content (AvgIpc) is 3.01. The zero-order valence-corrected chi connectivity index (χ0v) is 18.5. The number of hydrogen-bond donors (Lipinski definition) is 0. The maximum absolute atomic E-state index is 13.1. The molecule has 0 bridgehead atoms. The summed E-state index contributed by atoms with van der Waals surface area (Å²) in [5.74, 6) is 2.87. The van der Waals surface area contributed by atoms with Crippen molar-refractivity contribution in [2.24, 2.45) is 4.99 Å². The Morgan fingerprint density at radius 3 is 2.22 bits per heavy atom. The van der Waals surface area contributed by atoms with Gasteiger partial charge in [-0.2, -0.15) is 4.31 Å². The standard InChI is InChI=1S/C24H23N3O4S/c1-30-18-10-12-19(13-11-18)32(28,29)27-16-14-26(15-17-27)24-20-6-2-4-8-22(20)31-23-9-5-3-7-21(23)25-24/h2-13H,14-17H2,1H3. The molecule has 2 aliphatic heterocycles. The minimum absolute atomic E-state index is 0.270. The van der Waals surface area contributed by atoms with Gasteiger partial charge in [0, 0.05) is 26.2 Å². The lowest BCUT2D eigenvalue weighted by atomic mass is 10.1. The van der Waals surface area contributed by atoms with Crippen molar-refractivity contribution in [3.63, 3.8) is 0 Å². The van der Waals surface area contributed by atoms with Crippen molar-refractivity contribution in [2.75, 3.05) is 33.3 Å². The van der Waals surface area contributed by atoms with Gasteiger partial charge < -0.3 is 14.4 Å². The fraction of sp³-hybridized carbons (Fsp3) is 0.208. The topological polar surface area (TPSA) is 71.4 Å². The first-order valence-electron chi connectivity index (χ1n) is 10.4. The Hall–Kier alpha value is -3.36. The molecule has 5 rings (SSSR count). The molecule has 3 aromatic rings. The fourth-order valence-electron chi connectivity index (χ4n) is 3.95. The van der Waals surface area contributed by atoms with Crippen LogP contribution in [0.15, 0.2) is 82.7 Å². The van der Waals surface area contributed by atoms with Crippen LogP contribution in [0.3, 0.4) is 0 Å². The molecular weight excluding hydrogens is 426 g/mol. The highest BCUT2D eigenvalue weighted by Gasteiger charge is 2.31. The number of nitrogens with zero attached hydrogens (tertiary/aromatic N) is 3. The van der Waals surface area contributed by atoms with Gasteiger partial charge in [-0.05, 0) is 48.5 Å². The number of aliphatic imine (C=N–C) groups is 1. The first kappa shape index (κ1) is 20.5. The average molecular weight is 450 g/mol.